The highest BCUT2D eigenvalue weighted by atomic mass is 16.5. The summed E-state index contributed by atoms with van der Waals surface area (Å²) >= 11 is 0. The Labute approximate surface area is 182 Å². The second kappa shape index (κ2) is 9.69. The van der Waals surface area contributed by atoms with Crippen LogP contribution in [0.1, 0.15) is 28.8 Å². The molecule has 2 aromatic rings. The van der Waals surface area contributed by atoms with Crippen molar-refractivity contribution in [1.29, 1.82) is 0 Å². The Morgan fingerprint density at radius 2 is 1.94 bits per heavy atom. The van der Waals surface area contributed by atoms with Gasteiger partial charge in [-0.05, 0) is 42.8 Å². The van der Waals surface area contributed by atoms with Crippen molar-refractivity contribution in [1.82, 2.24) is 10.2 Å². The maximum atomic E-state index is 12.7. The fraction of sp³-hybridized carbons (Fsp3) is 0.238. The molecule has 0 bridgehead atoms. The van der Waals surface area contributed by atoms with Crippen LogP contribution >= 0.6 is 0 Å². The molecule has 168 valence electrons. The molecular weight excluding hydrogens is 422 g/mol. The molecule has 4 amide bonds. The number of amides is 4. The topological polar surface area (TPSA) is 150 Å². The largest absolute Gasteiger partial charge is 0.490 e. The van der Waals surface area contributed by atoms with Gasteiger partial charge >= 0.3 is 12.0 Å². The van der Waals surface area contributed by atoms with Crippen LogP contribution in [0, 0.1) is 0 Å². The lowest BCUT2D eigenvalue weighted by Gasteiger charge is -2.11. The van der Waals surface area contributed by atoms with Crippen LogP contribution in [0.4, 0.5) is 4.79 Å². The number of nitrogens with zero attached hydrogens (tertiary/aromatic N) is 1. The van der Waals surface area contributed by atoms with Gasteiger partial charge in [-0.15, -0.1) is 0 Å². The number of furan rings is 1. The van der Waals surface area contributed by atoms with Gasteiger partial charge < -0.3 is 29.7 Å². The highest BCUT2D eigenvalue weighted by molar-refractivity contribution is 6.13. The van der Waals surface area contributed by atoms with Crippen LogP contribution < -0.4 is 20.5 Å². The Kier molecular flexibility index (Phi) is 6.78. The summed E-state index contributed by atoms with van der Waals surface area (Å²) in [5.74, 6) is -0.996. The smallest absolute Gasteiger partial charge is 0.373 e. The number of nitrogens with two attached hydrogens (primary N) is 1. The number of hydrogen-bond donors (Lipinski definition) is 2. The van der Waals surface area contributed by atoms with Gasteiger partial charge in [-0.25, -0.2) is 9.59 Å². The number of esters is 1. The number of carbonyl (C=O) groups is 4. The minimum atomic E-state index is -0.664. The van der Waals surface area contributed by atoms with E-state index in [1.807, 2.05) is 0 Å². The van der Waals surface area contributed by atoms with Gasteiger partial charge in [-0.1, -0.05) is 6.07 Å². The van der Waals surface area contributed by atoms with E-state index in [0.717, 1.165) is 4.90 Å². The molecule has 1 aliphatic heterocycles. The van der Waals surface area contributed by atoms with Crippen molar-refractivity contribution in [3.05, 3.63) is 53.1 Å². The Hall–Kier alpha value is -4.28. The van der Waals surface area contributed by atoms with E-state index in [9.17, 15) is 19.2 Å². The molecule has 3 rings (SSSR count). The number of nitrogens with one attached hydrogen (secondary N) is 1. The van der Waals surface area contributed by atoms with Crippen LogP contribution in [0.15, 0.2) is 40.4 Å². The maximum Gasteiger partial charge on any atom is 0.373 e. The van der Waals surface area contributed by atoms with Crippen LogP contribution in [0.5, 0.6) is 11.5 Å². The van der Waals surface area contributed by atoms with E-state index in [1.54, 1.807) is 25.1 Å². The van der Waals surface area contributed by atoms with Crippen molar-refractivity contribution in [2.75, 3.05) is 20.3 Å². The number of benzene rings is 1. The average Bonchev–Trinajstić information content (AvgIpc) is 3.33. The van der Waals surface area contributed by atoms with Crippen LogP contribution in [0.25, 0.3) is 6.08 Å². The highest BCUT2D eigenvalue weighted by Gasteiger charge is 2.34. The van der Waals surface area contributed by atoms with E-state index in [4.69, 9.17) is 19.6 Å². The Morgan fingerprint density at radius 3 is 2.62 bits per heavy atom. The molecule has 1 aliphatic rings. The van der Waals surface area contributed by atoms with E-state index in [1.165, 1.54) is 25.3 Å². The fourth-order valence-corrected chi connectivity index (χ4v) is 2.86. The van der Waals surface area contributed by atoms with E-state index in [-0.39, 0.29) is 30.4 Å². The van der Waals surface area contributed by atoms with Gasteiger partial charge in [0.2, 0.25) is 5.76 Å². The van der Waals surface area contributed by atoms with Crippen molar-refractivity contribution in [3.8, 4) is 11.5 Å². The molecule has 0 spiro atoms. The van der Waals surface area contributed by atoms with E-state index in [0.29, 0.717) is 23.7 Å². The summed E-state index contributed by atoms with van der Waals surface area (Å²) in [6, 6.07) is 7.04. The first-order valence-corrected chi connectivity index (χ1v) is 9.52. The zero-order chi connectivity index (χ0) is 23.3. The van der Waals surface area contributed by atoms with Gasteiger partial charge in [-0.3, -0.25) is 14.5 Å². The first kappa shape index (κ1) is 22.4. The van der Waals surface area contributed by atoms with Crippen molar-refractivity contribution < 1.29 is 37.8 Å². The second-order valence-corrected chi connectivity index (χ2v) is 6.53. The molecule has 32 heavy (non-hydrogen) atoms. The summed E-state index contributed by atoms with van der Waals surface area (Å²) in [7, 11) is 1.21. The number of urea groups is 1. The average molecular weight is 443 g/mol. The van der Waals surface area contributed by atoms with Crippen molar-refractivity contribution in [2.24, 2.45) is 5.73 Å². The predicted molar refractivity (Wildman–Crippen MR) is 109 cm³/mol. The highest BCUT2D eigenvalue weighted by Crippen LogP contribution is 2.30. The first-order chi connectivity index (χ1) is 15.3. The summed E-state index contributed by atoms with van der Waals surface area (Å²) in [6.45, 7) is 1.65. The zero-order valence-corrected chi connectivity index (χ0v) is 17.4. The fourth-order valence-electron chi connectivity index (χ4n) is 2.86. The van der Waals surface area contributed by atoms with Crippen molar-refractivity contribution >= 4 is 29.9 Å². The summed E-state index contributed by atoms with van der Waals surface area (Å²) in [6.07, 6.45) is 1.47. The Morgan fingerprint density at radius 1 is 1.16 bits per heavy atom. The number of carbonyl (C=O) groups excluding carboxylic acids is 4. The summed E-state index contributed by atoms with van der Waals surface area (Å²) in [5, 5.41) is 2.50. The van der Waals surface area contributed by atoms with E-state index in [2.05, 4.69) is 10.1 Å². The molecular formula is C21H21N3O8. The maximum absolute atomic E-state index is 12.7. The summed E-state index contributed by atoms with van der Waals surface area (Å²) < 4.78 is 20.7. The molecule has 0 aliphatic carbocycles. The third kappa shape index (κ3) is 5.06. The molecule has 0 saturated carbocycles. The third-order valence-electron chi connectivity index (χ3n) is 4.27. The Bertz CT molecular complexity index is 1090. The van der Waals surface area contributed by atoms with Crippen LogP contribution in [0.2, 0.25) is 0 Å². The molecule has 1 aromatic heterocycles. The summed E-state index contributed by atoms with van der Waals surface area (Å²) in [5.41, 5.74) is 5.69. The minimum Gasteiger partial charge on any atom is -0.490 e. The molecule has 3 N–H and O–H groups in total. The molecule has 0 radical (unpaired) electrons. The number of imide groups is 1. The van der Waals surface area contributed by atoms with Crippen molar-refractivity contribution in [3.63, 3.8) is 0 Å². The lowest BCUT2D eigenvalue weighted by Crippen LogP contribution is -2.30. The van der Waals surface area contributed by atoms with E-state index < -0.39 is 23.8 Å². The number of methoxy groups -OCH3 is 1. The zero-order valence-electron chi connectivity index (χ0n) is 17.4. The quantitative estimate of drug-likeness (QED) is 0.336. The predicted octanol–water partition coefficient (Wildman–Crippen LogP) is 1.42. The molecule has 1 fully saturated rings. The standard InChI is InChI=1S/C21H21N3O8/c1-3-30-17-9-12(4-6-15(17)31-11-18(22)25)8-14-19(26)24(21(28)23-14)10-13-5-7-16(32-13)20(27)29-2/h4-9H,3,10-11H2,1-2H3,(H2,22,25)(H,23,28)/b14-8-. The van der Waals surface area contributed by atoms with Gasteiger partial charge in [0.05, 0.1) is 20.3 Å². The molecule has 0 atom stereocenters. The molecule has 1 aromatic carbocycles. The van der Waals surface area contributed by atoms with Gasteiger partial charge in [-0.2, -0.15) is 0 Å². The normalized spacial score (nSPS) is 14.4. The number of hydrogen-bond acceptors (Lipinski definition) is 8. The number of ether oxygens (including phenoxy) is 3. The van der Waals surface area contributed by atoms with Gasteiger partial charge in [0.25, 0.3) is 11.8 Å². The lowest BCUT2D eigenvalue weighted by molar-refractivity contribution is -0.123. The molecule has 1 saturated heterocycles. The molecule has 11 heteroatoms. The van der Waals surface area contributed by atoms with E-state index >= 15 is 0 Å². The van der Waals surface area contributed by atoms with Crippen LogP contribution in [0.3, 0.4) is 0 Å². The minimum absolute atomic E-state index is 0.0348. The van der Waals surface area contributed by atoms with Crippen LogP contribution in [-0.2, 0) is 20.9 Å². The number of primary amides is 1. The first-order valence-electron chi connectivity index (χ1n) is 9.52. The van der Waals surface area contributed by atoms with Gasteiger partial charge in [0.1, 0.15) is 11.5 Å². The van der Waals surface area contributed by atoms with Crippen molar-refractivity contribution in [2.45, 2.75) is 13.5 Å². The number of rotatable bonds is 9. The molecule has 2 heterocycles. The SMILES string of the molecule is CCOc1cc(/C=C2\NC(=O)N(Cc3ccc(C(=O)OC)o3)C2=O)ccc1OCC(N)=O. The van der Waals surface area contributed by atoms with Gasteiger partial charge in [0.15, 0.2) is 18.1 Å². The summed E-state index contributed by atoms with van der Waals surface area (Å²) in [4.78, 5) is 48.4. The monoisotopic (exact) mass is 443 g/mol. The van der Waals surface area contributed by atoms with Crippen LogP contribution in [-0.4, -0.2) is 49.0 Å². The van der Waals surface area contributed by atoms with Gasteiger partial charge in [0, 0.05) is 0 Å². The third-order valence-corrected chi connectivity index (χ3v) is 4.27. The second-order valence-electron chi connectivity index (χ2n) is 6.53. The molecule has 11 nitrogen and oxygen atoms in total. The lowest BCUT2D eigenvalue weighted by atomic mass is 10.1. The Balaban J connectivity index is 1.77. The molecule has 0 unspecified atom stereocenters.